The van der Waals surface area contributed by atoms with Gasteiger partial charge in [-0.25, -0.2) is 0 Å². The summed E-state index contributed by atoms with van der Waals surface area (Å²) in [6, 6.07) is 5.46. The number of fused-ring (bicyclic) bond motifs is 1. The van der Waals surface area contributed by atoms with E-state index in [1.807, 2.05) is 17.0 Å². The largest absolute Gasteiger partial charge is 0.338 e. The molecule has 0 unspecified atom stereocenters. The van der Waals surface area contributed by atoms with Crippen LogP contribution in [-0.4, -0.2) is 39.3 Å². The smallest absolute Gasteiger partial charge is 0.253 e. The predicted molar refractivity (Wildman–Crippen MR) is 68.2 cm³/mol. The number of nitrogens with zero attached hydrogens (tertiary/aromatic N) is 3. The number of amides is 1. The van der Waals surface area contributed by atoms with Crippen molar-refractivity contribution in [3.05, 3.63) is 23.8 Å². The Morgan fingerprint density at radius 1 is 1.39 bits per heavy atom. The molecule has 18 heavy (non-hydrogen) atoms. The molecule has 1 aromatic carbocycles. The van der Waals surface area contributed by atoms with Crippen molar-refractivity contribution in [3.8, 4) is 0 Å². The Bertz CT molecular complexity index is 577. The van der Waals surface area contributed by atoms with Crippen LogP contribution in [0.1, 0.15) is 30.1 Å². The Hall–Kier alpha value is -1.91. The fraction of sp³-hybridized carbons (Fsp3) is 0.462. The van der Waals surface area contributed by atoms with Gasteiger partial charge in [-0.15, -0.1) is 0 Å². The van der Waals surface area contributed by atoms with Crippen LogP contribution < -0.4 is 0 Å². The summed E-state index contributed by atoms with van der Waals surface area (Å²) in [7, 11) is 0. The van der Waals surface area contributed by atoms with Crippen molar-refractivity contribution in [2.24, 2.45) is 5.92 Å². The molecule has 2 heterocycles. The van der Waals surface area contributed by atoms with Crippen LogP contribution in [0.5, 0.6) is 0 Å². The number of rotatable bonds is 1. The lowest BCUT2D eigenvalue weighted by Crippen LogP contribution is -2.39. The van der Waals surface area contributed by atoms with Crippen molar-refractivity contribution >= 4 is 16.9 Å². The topological polar surface area (TPSA) is 61.9 Å². The van der Waals surface area contributed by atoms with Gasteiger partial charge in [0, 0.05) is 18.7 Å². The van der Waals surface area contributed by atoms with E-state index in [1.54, 1.807) is 6.07 Å². The maximum absolute atomic E-state index is 12.4. The van der Waals surface area contributed by atoms with Crippen LogP contribution in [0.2, 0.25) is 0 Å². The third kappa shape index (κ3) is 1.96. The second-order valence-electron chi connectivity index (χ2n) is 5.03. The first kappa shape index (κ1) is 11.2. The number of aromatic nitrogens is 3. The van der Waals surface area contributed by atoms with E-state index in [0.717, 1.165) is 30.5 Å². The molecule has 0 saturated carbocycles. The molecule has 94 valence electrons. The summed E-state index contributed by atoms with van der Waals surface area (Å²) >= 11 is 0. The van der Waals surface area contributed by atoms with Gasteiger partial charge in [-0.05, 0) is 37.0 Å². The summed E-state index contributed by atoms with van der Waals surface area (Å²) in [5.41, 5.74) is 2.23. The number of carbonyl (C=O) groups is 1. The van der Waals surface area contributed by atoms with Gasteiger partial charge in [0.05, 0.1) is 0 Å². The molecule has 1 atom stereocenters. The number of hydrogen-bond donors (Lipinski definition) is 1. The van der Waals surface area contributed by atoms with E-state index in [1.165, 1.54) is 6.42 Å². The molecule has 3 rings (SSSR count). The summed E-state index contributed by atoms with van der Waals surface area (Å²) in [6.45, 7) is 3.91. The van der Waals surface area contributed by atoms with Crippen molar-refractivity contribution in [1.29, 1.82) is 0 Å². The molecule has 0 spiro atoms. The Balaban J connectivity index is 1.86. The molecule has 1 aromatic heterocycles. The van der Waals surface area contributed by atoms with Crippen LogP contribution in [0, 0.1) is 5.92 Å². The fourth-order valence-corrected chi connectivity index (χ4v) is 2.53. The predicted octanol–water partition coefficient (Wildman–Crippen LogP) is 1.83. The average Bonchev–Trinajstić information content (AvgIpc) is 2.85. The van der Waals surface area contributed by atoms with Gasteiger partial charge in [0.2, 0.25) is 0 Å². The minimum absolute atomic E-state index is 0.103. The quantitative estimate of drug-likeness (QED) is 0.832. The zero-order valence-electron chi connectivity index (χ0n) is 10.4. The molecule has 5 nitrogen and oxygen atoms in total. The third-order valence-corrected chi connectivity index (χ3v) is 3.51. The van der Waals surface area contributed by atoms with Gasteiger partial charge in [0.25, 0.3) is 5.91 Å². The molecule has 5 heteroatoms. The van der Waals surface area contributed by atoms with Crippen LogP contribution in [0.4, 0.5) is 0 Å². The van der Waals surface area contributed by atoms with Gasteiger partial charge in [-0.2, -0.15) is 15.4 Å². The Labute approximate surface area is 105 Å². The fourth-order valence-electron chi connectivity index (χ4n) is 2.53. The second-order valence-corrected chi connectivity index (χ2v) is 5.03. The number of hydrogen-bond acceptors (Lipinski definition) is 3. The van der Waals surface area contributed by atoms with Crippen molar-refractivity contribution in [2.75, 3.05) is 13.1 Å². The summed E-state index contributed by atoms with van der Waals surface area (Å²) in [5, 5.41) is 10.6. The van der Waals surface area contributed by atoms with E-state index in [9.17, 15) is 4.79 Å². The SMILES string of the molecule is C[C@H]1CCCN(C(=O)c2ccc3n[nH]nc3c2)C1. The number of nitrogens with one attached hydrogen (secondary N) is 1. The molecule has 0 aliphatic carbocycles. The highest BCUT2D eigenvalue weighted by Gasteiger charge is 2.22. The molecule has 1 aliphatic rings. The standard InChI is InChI=1S/C13H16N4O/c1-9-3-2-6-17(8-9)13(18)10-4-5-11-12(7-10)15-16-14-11/h4-5,7,9H,2-3,6,8H2,1H3,(H,14,15,16)/t9-/m0/s1. The van der Waals surface area contributed by atoms with Gasteiger partial charge >= 0.3 is 0 Å². The Morgan fingerprint density at radius 2 is 2.22 bits per heavy atom. The summed E-state index contributed by atoms with van der Waals surface area (Å²) in [5.74, 6) is 0.699. The summed E-state index contributed by atoms with van der Waals surface area (Å²) in [6.07, 6.45) is 2.31. The van der Waals surface area contributed by atoms with E-state index in [-0.39, 0.29) is 5.91 Å². The zero-order chi connectivity index (χ0) is 12.5. The lowest BCUT2D eigenvalue weighted by atomic mass is 9.99. The van der Waals surface area contributed by atoms with Crippen molar-refractivity contribution in [3.63, 3.8) is 0 Å². The highest BCUT2D eigenvalue weighted by Crippen LogP contribution is 2.19. The first-order valence-corrected chi connectivity index (χ1v) is 6.34. The molecular formula is C13H16N4O. The first-order valence-electron chi connectivity index (χ1n) is 6.34. The minimum atomic E-state index is 0.103. The van der Waals surface area contributed by atoms with Crippen molar-refractivity contribution < 1.29 is 4.79 Å². The van der Waals surface area contributed by atoms with Gasteiger partial charge < -0.3 is 4.90 Å². The maximum Gasteiger partial charge on any atom is 0.253 e. The number of likely N-dealkylation sites (tertiary alicyclic amines) is 1. The zero-order valence-corrected chi connectivity index (χ0v) is 10.4. The molecule has 0 radical (unpaired) electrons. The van der Waals surface area contributed by atoms with Crippen LogP contribution in [-0.2, 0) is 0 Å². The van der Waals surface area contributed by atoms with E-state index in [2.05, 4.69) is 22.3 Å². The van der Waals surface area contributed by atoms with E-state index in [4.69, 9.17) is 0 Å². The van der Waals surface area contributed by atoms with Gasteiger partial charge in [-0.3, -0.25) is 4.79 Å². The average molecular weight is 244 g/mol. The lowest BCUT2D eigenvalue weighted by Gasteiger charge is -2.31. The second kappa shape index (κ2) is 4.40. The molecule has 1 N–H and O–H groups in total. The van der Waals surface area contributed by atoms with Gasteiger partial charge in [0.15, 0.2) is 0 Å². The van der Waals surface area contributed by atoms with Crippen LogP contribution in [0.3, 0.4) is 0 Å². The third-order valence-electron chi connectivity index (χ3n) is 3.51. The monoisotopic (exact) mass is 244 g/mol. The first-order chi connectivity index (χ1) is 8.74. The molecule has 1 saturated heterocycles. The van der Waals surface area contributed by atoms with Gasteiger partial charge in [0.1, 0.15) is 11.0 Å². The van der Waals surface area contributed by atoms with Crippen LogP contribution >= 0.6 is 0 Å². The number of aromatic amines is 1. The van der Waals surface area contributed by atoms with Crippen LogP contribution in [0.15, 0.2) is 18.2 Å². The minimum Gasteiger partial charge on any atom is -0.338 e. The Morgan fingerprint density at radius 3 is 3.06 bits per heavy atom. The van der Waals surface area contributed by atoms with E-state index < -0.39 is 0 Å². The lowest BCUT2D eigenvalue weighted by molar-refractivity contribution is 0.0683. The highest BCUT2D eigenvalue weighted by molar-refractivity contribution is 5.97. The highest BCUT2D eigenvalue weighted by atomic mass is 16.2. The van der Waals surface area contributed by atoms with Gasteiger partial charge in [-0.1, -0.05) is 6.92 Å². The van der Waals surface area contributed by atoms with Crippen molar-refractivity contribution in [1.82, 2.24) is 20.3 Å². The number of H-pyrrole nitrogens is 1. The molecule has 0 bridgehead atoms. The number of benzene rings is 1. The normalized spacial score (nSPS) is 20.3. The van der Waals surface area contributed by atoms with Crippen molar-refractivity contribution in [2.45, 2.75) is 19.8 Å². The number of piperidine rings is 1. The summed E-state index contributed by atoms with van der Waals surface area (Å²) in [4.78, 5) is 14.3. The molecular weight excluding hydrogens is 228 g/mol. The molecule has 1 amide bonds. The van der Waals surface area contributed by atoms with E-state index >= 15 is 0 Å². The molecule has 2 aromatic rings. The Kier molecular flexibility index (Phi) is 2.74. The van der Waals surface area contributed by atoms with E-state index in [0.29, 0.717) is 11.5 Å². The maximum atomic E-state index is 12.4. The molecule has 1 aliphatic heterocycles. The van der Waals surface area contributed by atoms with Crippen LogP contribution in [0.25, 0.3) is 11.0 Å². The summed E-state index contributed by atoms with van der Waals surface area (Å²) < 4.78 is 0. The number of carbonyl (C=O) groups excluding carboxylic acids is 1. The molecule has 1 fully saturated rings.